The Bertz CT molecular complexity index is 15.9. The van der Waals surface area contributed by atoms with Crippen LogP contribution in [-0.2, 0) is 0 Å². The standard InChI is InChI=1S/C5H11N/c1-3-4-5-6-2/h1,3-5H2,2H3. The minimum atomic E-state index is 0.976. The van der Waals surface area contributed by atoms with Gasteiger partial charge < -0.3 is 0 Å². The van der Waals surface area contributed by atoms with E-state index in [4.69, 9.17) is 0 Å². The van der Waals surface area contributed by atoms with Crippen molar-refractivity contribution in [2.45, 2.75) is 12.8 Å². The van der Waals surface area contributed by atoms with E-state index in [0.29, 0.717) is 0 Å². The van der Waals surface area contributed by atoms with Crippen LogP contribution < -0.4 is 5.32 Å². The number of hydrogen-bond acceptors (Lipinski definition) is 0. The van der Waals surface area contributed by atoms with Gasteiger partial charge in [0, 0.05) is 13.6 Å². The van der Waals surface area contributed by atoms with Crippen molar-refractivity contribution < 1.29 is 0 Å². The summed E-state index contributed by atoms with van der Waals surface area (Å²) in [6, 6.07) is 0. The largest absolute Gasteiger partial charge is 0.245 e. The third-order valence-electron chi connectivity index (χ3n) is 0.632. The first kappa shape index (κ1) is 5.96. The molecular formula is C5H11N. The summed E-state index contributed by atoms with van der Waals surface area (Å²) in [5, 5.41) is 3.89. The summed E-state index contributed by atoms with van der Waals surface area (Å²) >= 11 is 0. The van der Waals surface area contributed by atoms with Crippen LogP contribution in [0, 0.1) is 6.92 Å². The highest BCUT2D eigenvalue weighted by Gasteiger charge is 1.75. The highest BCUT2D eigenvalue weighted by atomic mass is 14.8. The second kappa shape index (κ2) is 4.96. The number of nitrogens with zero attached hydrogens (tertiary/aromatic N) is 1. The second-order valence-corrected chi connectivity index (χ2v) is 1.25. The molecule has 0 amide bonds. The van der Waals surface area contributed by atoms with Crippen LogP contribution in [0.3, 0.4) is 0 Å². The molecule has 0 aliphatic carbocycles. The third-order valence-corrected chi connectivity index (χ3v) is 0.632. The van der Waals surface area contributed by atoms with Crippen LogP contribution in [0.4, 0.5) is 0 Å². The predicted octanol–water partition coefficient (Wildman–Crippen LogP) is 0.835. The average Bonchev–Trinajstić information content (AvgIpc) is 1.61. The summed E-state index contributed by atoms with van der Waals surface area (Å²) in [6.45, 7) is 4.64. The molecule has 0 fully saturated rings. The van der Waals surface area contributed by atoms with E-state index >= 15 is 0 Å². The molecular weight excluding hydrogens is 74.1 g/mol. The van der Waals surface area contributed by atoms with E-state index in [1.807, 2.05) is 7.05 Å². The lowest BCUT2D eigenvalue weighted by Gasteiger charge is -1.87. The molecule has 0 rings (SSSR count). The molecule has 0 bridgehead atoms. The molecule has 1 nitrogen and oxygen atoms in total. The van der Waals surface area contributed by atoms with Crippen molar-refractivity contribution >= 4 is 0 Å². The van der Waals surface area contributed by atoms with Crippen molar-refractivity contribution in [3.63, 3.8) is 0 Å². The Morgan fingerprint density at radius 3 is 2.50 bits per heavy atom. The molecule has 0 aliphatic heterocycles. The first-order chi connectivity index (χ1) is 2.91. The van der Waals surface area contributed by atoms with Gasteiger partial charge in [0.05, 0.1) is 0 Å². The number of hydrogen-bond donors (Lipinski definition) is 0. The van der Waals surface area contributed by atoms with Gasteiger partial charge in [-0.1, -0.05) is 13.3 Å². The maximum Gasteiger partial charge on any atom is 0.0130 e. The van der Waals surface area contributed by atoms with Crippen LogP contribution in [0.15, 0.2) is 0 Å². The van der Waals surface area contributed by atoms with E-state index in [0.717, 1.165) is 19.4 Å². The summed E-state index contributed by atoms with van der Waals surface area (Å²) < 4.78 is 0. The van der Waals surface area contributed by atoms with Gasteiger partial charge in [-0.3, -0.25) is 0 Å². The second-order valence-electron chi connectivity index (χ2n) is 1.25. The lowest BCUT2D eigenvalue weighted by molar-refractivity contribution is 0.723. The molecule has 6 heavy (non-hydrogen) atoms. The fourth-order valence-electron chi connectivity index (χ4n) is 0.270. The van der Waals surface area contributed by atoms with E-state index in [2.05, 4.69) is 12.2 Å². The predicted molar refractivity (Wildman–Crippen MR) is 27.5 cm³/mol. The van der Waals surface area contributed by atoms with E-state index in [9.17, 15) is 0 Å². The monoisotopic (exact) mass is 85.1 g/mol. The molecule has 0 aromatic rings. The van der Waals surface area contributed by atoms with Gasteiger partial charge in [0.1, 0.15) is 0 Å². The van der Waals surface area contributed by atoms with E-state index < -0.39 is 0 Å². The van der Waals surface area contributed by atoms with Crippen LogP contribution >= 0.6 is 0 Å². The summed E-state index contributed by atoms with van der Waals surface area (Å²) in [5.74, 6) is 0. The van der Waals surface area contributed by atoms with Crippen molar-refractivity contribution in [3.05, 3.63) is 6.92 Å². The summed E-state index contributed by atoms with van der Waals surface area (Å²) in [4.78, 5) is 0. The third kappa shape index (κ3) is 3.96. The molecule has 0 aromatic heterocycles. The first-order valence-electron chi connectivity index (χ1n) is 2.26. The van der Waals surface area contributed by atoms with Gasteiger partial charge in [-0.15, -0.1) is 0 Å². The van der Waals surface area contributed by atoms with Gasteiger partial charge in [-0.25, -0.2) is 5.32 Å². The Labute approximate surface area is 39.7 Å². The van der Waals surface area contributed by atoms with Crippen molar-refractivity contribution in [2.75, 3.05) is 13.6 Å². The van der Waals surface area contributed by atoms with E-state index in [1.165, 1.54) is 0 Å². The molecule has 0 atom stereocenters. The van der Waals surface area contributed by atoms with Gasteiger partial charge in [0.15, 0.2) is 0 Å². The Kier molecular flexibility index (Phi) is 4.93. The lowest BCUT2D eigenvalue weighted by Crippen LogP contribution is -1.96. The lowest BCUT2D eigenvalue weighted by atomic mass is 10.3. The highest BCUT2D eigenvalue weighted by molar-refractivity contribution is 4.41. The highest BCUT2D eigenvalue weighted by Crippen LogP contribution is 1.79. The smallest absolute Gasteiger partial charge is 0.0130 e. The molecule has 0 spiro atoms. The van der Waals surface area contributed by atoms with Crippen LogP contribution in [0.25, 0.3) is 0 Å². The van der Waals surface area contributed by atoms with E-state index in [1.54, 1.807) is 0 Å². The van der Waals surface area contributed by atoms with Gasteiger partial charge in [-0.2, -0.15) is 0 Å². The SMILES string of the molecule is [CH2]CCC[N]C. The zero-order valence-corrected chi connectivity index (χ0v) is 4.28. The first-order valence-corrected chi connectivity index (χ1v) is 2.26. The minimum absolute atomic E-state index is 0.976. The Hall–Kier alpha value is -0.0400. The molecule has 0 saturated carbocycles. The van der Waals surface area contributed by atoms with Gasteiger partial charge in [0.2, 0.25) is 0 Å². The summed E-state index contributed by atoms with van der Waals surface area (Å²) in [5.41, 5.74) is 0. The fourth-order valence-corrected chi connectivity index (χ4v) is 0.270. The topological polar surface area (TPSA) is 14.1 Å². The molecule has 0 N–H and O–H groups in total. The Balaban J connectivity index is 2.34. The van der Waals surface area contributed by atoms with Gasteiger partial charge >= 0.3 is 0 Å². The molecule has 0 aliphatic rings. The zero-order valence-electron chi connectivity index (χ0n) is 4.28. The number of rotatable bonds is 3. The zero-order chi connectivity index (χ0) is 4.83. The van der Waals surface area contributed by atoms with Crippen molar-refractivity contribution in [1.29, 1.82) is 0 Å². The molecule has 0 heterocycles. The average molecular weight is 85.1 g/mol. The Morgan fingerprint density at radius 2 is 2.33 bits per heavy atom. The van der Waals surface area contributed by atoms with Crippen LogP contribution in [0.5, 0.6) is 0 Å². The minimum Gasteiger partial charge on any atom is -0.245 e. The van der Waals surface area contributed by atoms with Crippen molar-refractivity contribution in [3.8, 4) is 0 Å². The molecule has 0 aromatic carbocycles. The summed E-state index contributed by atoms with van der Waals surface area (Å²) in [7, 11) is 1.83. The van der Waals surface area contributed by atoms with Crippen molar-refractivity contribution in [1.82, 2.24) is 5.32 Å². The molecule has 0 saturated heterocycles. The van der Waals surface area contributed by atoms with Crippen LogP contribution in [-0.4, -0.2) is 13.6 Å². The maximum atomic E-state index is 3.89. The molecule has 36 valence electrons. The fraction of sp³-hybridized carbons (Fsp3) is 0.800. The van der Waals surface area contributed by atoms with E-state index in [-0.39, 0.29) is 0 Å². The maximum absolute atomic E-state index is 3.89. The normalized spacial score (nSPS) is 9.00. The summed E-state index contributed by atoms with van der Waals surface area (Å²) in [6.07, 6.45) is 2.15. The quantitative estimate of drug-likeness (QED) is 0.451. The van der Waals surface area contributed by atoms with Crippen LogP contribution in [0.2, 0.25) is 0 Å². The molecule has 2 radical (unpaired) electrons. The van der Waals surface area contributed by atoms with Crippen molar-refractivity contribution in [2.24, 2.45) is 0 Å². The number of unbranched alkanes of at least 4 members (excludes halogenated alkanes) is 1. The van der Waals surface area contributed by atoms with Crippen LogP contribution in [0.1, 0.15) is 12.8 Å². The molecule has 1 heteroatoms. The van der Waals surface area contributed by atoms with Gasteiger partial charge in [-0.05, 0) is 6.42 Å². The van der Waals surface area contributed by atoms with Gasteiger partial charge in [0.25, 0.3) is 0 Å². The molecule has 0 unspecified atom stereocenters. The Morgan fingerprint density at radius 1 is 1.67 bits per heavy atom.